The summed E-state index contributed by atoms with van der Waals surface area (Å²) in [7, 11) is 0. The number of benzene rings is 1. The number of nitrogens with one attached hydrogen (secondary N) is 2. The van der Waals surface area contributed by atoms with E-state index in [1.807, 2.05) is 52.8 Å². The van der Waals surface area contributed by atoms with Gasteiger partial charge in [-0.2, -0.15) is 0 Å². The summed E-state index contributed by atoms with van der Waals surface area (Å²) < 4.78 is 0. The average molecular weight is 276 g/mol. The van der Waals surface area contributed by atoms with Gasteiger partial charge >= 0.3 is 0 Å². The monoisotopic (exact) mass is 276 g/mol. The van der Waals surface area contributed by atoms with E-state index < -0.39 is 5.41 Å². The maximum Gasteiger partial charge on any atom is 0.229 e. The van der Waals surface area contributed by atoms with Crippen molar-refractivity contribution < 1.29 is 9.59 Å². The molecule has 0 aliphatic carbocycles. The average Bonchev–Trinajstić information content (AvgIpc) is 2.37. The van der Waals surface area contributed by atoms with Crippen LogP contribution in [0.15, 0.2) is 24.3 Å². The van der Waals surface area contributed by atoms with Gasteiger partial charge in [0, 0.05) is 22.7 Å². The summed E-state index contributed by atoms with van der Waals surface area (Å²) in [5, 5.41) is 5.70. The van der Waals surface area contributed by atoms with E-state index in [0.717, 1.165) is 6.42 Å². The maximum atomic E-state index is 11.9. The van der Waals surface area contributed by atoms with E-state index in [1.54, 1.807) is 6.07 Å². The molecule has 0 aliphatic rings. The predicted octanol–water partition coefficient (Wildman–Crippen LogP) is 3.66. The van der Waals surface area contributed by atoms with E-state index in [2.05, 4.69) is 10.6 Å². The van der Waals surface area contributed by atoms with Crippen molar-refractivity contribution in [3.05, 3.63) is 24.3 Å². The molecular weight excluding hydrogens is 252 g/mol. The molecule has 0 saturated heterocycles. The minimum absolute atomic E-state index is 0.00759. The van der Waals surface area contributed by atoms with Crippen LogP contribution in [0.4, 0.5) is 11.4 Å². The molecule has 0 fully saturated rings. The molecule has 1 aromatic rings. The topological polar surface area (TPSA) is 58.2 Å². The number of anilines is 2. The number of hydrogen-bond acceptors (Lipinski definition) is 2. The Morgan fingerprint density at radius 2 is 1.70 bits per heavy atom. The summed E-state index contributed by atoms with van der Waals surface area (Å²) >= 11 is 0. The quantitative estimate of drug-likeness (QED) is 0.881. The highest BCUT2D eigenvalue weighted by atomic mass is 16.2. The van der Waals surface area contributed by atoms with Crippen molar-refractivity contribution in [2.75, 3.05) is 10.6 Å². The molecule has 4 heteroatoms. The SMILES string of the molecule is CCC(C)C(=O)Nc1cccc(NC(=O)C(C)(C)C)c1. The summed E-state index contributed by atoms with van der Waals surface area (Å²) in [5.74, 6) is -0.0856. The number of hydrogen-bond donors (Lipinski definition) is 2. The molecule has 0 saturated carbocycles. The number of amides is 2. The predicted molar refractivity (Wildman–Crippen MR) is 82.6 cm³/mol. The maximum absolute atomic E-state index is 11.9. The van der Waals surface area contributed by atoms with Crippen LogP contribution in [0.5, 0.6) is 0 Å². The van der Waals surface area contributed by atoms with E-state index in [4.69, 9.17) is 0 Å². The molecule has 0 aliphatic heterocycles. The second-order valence-corrected chi connectivity index (χ2v) is 6.08. The van der Waals surface area contributed by atoms with Crippen LogP contribution in [0, 0.1) is 11.3 Å². The van der Waals surface area contributed by atoms with Crippen molar-refractivity contribution in [1.82, 2.24) is 0 Å². The standard InChI is InChI=1S/C16H24N2O2/c1-6-11(2)14(19)17-12-8-7-9-13(10-12)18-15(20)16(3,4)5/h7-11H,6H2,1-5H3,(H,17,19)(H,18,20). The molecule has 110 valence electrons. The third kappa shape index (κ3) is 4.68. The van der Waals surface area contributed by atoms with E-state index in [0.29, 0.717) is 11.4 Å². The minimum Gasteiger partial charge on any atom is -0.326 e. The Bertz CT molecular complexity index is 489. The van der Waals surface area contributed by atoms with Crippen molar-refractivity contribution in [2.24, 2.45) is 11.3 Å². The highest BCUT2D eigenvalue weighted by molar-refractivity contribution is 5.96. The van der Waals surface area contributed by atoms with Gasteiger partial charge in [0.1, 0.15) is 0 Å². The van der Waals surface area contributed by atoms with Gasteiger partial charge in [0.05, 0.1) is 0 Å². The normalized spacial score (nSPS) is 12.7. The molecule has 1 unspecified atom stereocenters. The zero-order chi connectivity index (χ0) is 15.3. The van der Waals surface area contributed by atoms with Crippen LogP contribution < -0.4 is 10.6 Å². The fraction of sp³-hybridized carbons (Fsp3) is 0.500. The van der Waals surface area contributed by atoms with Crippen molar-refractivity contribution in [1.29, 1.82) is 0 Å². The van der Waals surface area contributed by atoms with E-state index in [1.165, 1.54) is 0 Å². The van der Waals surface area contributed by atoms with Gasteiger partial charge in [-0.05, 0) is 24.6 Å². The zero-order valence-corrected chi connectivity index (χ0v) is 12.9. The third-order valence-electron chi connectivity index (χ3n) is 3.13. The second kappa shape index (κ2) is 6.55. The number of carbonyl (C=O) groups excluding carboxylic acids is 2. The Balaban J connectivity index is 2.76. The van der Waals surface area contributed by atoms with Gasteiger partial charge in [0.2, 0.25) is 11.8 Å². The molecular formula is C16H24N2O2. The van der Waals surface area contributed by atoms with Gasteiger partial charge in [0.25, 0.3) is 0 Å². The lowest BCUT2D eigenvalue weighted by Crippen LogP contribution is -2.27. The van der Waals surface area contributed by atoms with Crippen LogP contribution in [0.25, 0.3) is 0 Å². The molecule has 2 N–H and O–H groups in total. The van der Waals surface area contributed by atoms with Crippen LogP contribution in [0.2, 0.25) is 0 Å². The van der Waals surface area contributed by atoms with Crippen LogP contribution >= 0.6 is 0 Å². The lowest BCUT2D eigenvalue weighted by Gasteiger charge is -2.18. The van der Waals surface area contributed by atoms with Gasteiger partial charge in [-0.25, -0.2) is 0 Å². The second-order valence-electron chi connectivity index (χ2n) is 6.08. The Labute approximate surface area is 121 Å². The van der Waals surface area contributed by atoms with Gasteiger partial charge in [-0.1, -0.05) is 40.7 Å². The molecule has 20 heavy (non-hydrogen) atoms. The molecule has 1 rings (SSSR count). The van der Waals surface area contributed by atoms with Crippen molar-refractivity contribution in [3.63, 3.8) is 0 Å². The van der Waals surface area contributed by atoms with Crippen molar-refractivity contribution in [2.45, 2.75) is 41.0 Å². The molecule has 2 amide bonds. The van der Waals surface area contributed by atoms with Gasteiger partial charge in [0.15, 0.2) is 0 Å². The zero-order valence-electron chi connectivity index (χ0n) is 12.9. The van der Waals surface area contributed by atoms with E-state index >= 15 is 0 Å². The van der Waals surface area contributed by atoms with Crippen LogP contribution in [0.3, 0.4) is 0 Å². The molecule has 1 atom stereocenters. The fourth-order valence-electron chi connectivity index (χ4n) is 1.44. The molecule has 0 heterocycles. The largest absolute Gasteiger partial charge is 0.326 e. The van der Waals surface area contributed by atoms with Crippen molar-refractivity contribution in [3.8, 4) is 0 Å². The highest BCUT2D eigenvalue weighted by Crippen LogP contribution is 2.20. The summed E-state index contributed by atoms with van der Waals surface area (Å²) in [6.45, 7) is 9.44. The molecule has 4 nitrogen and oxygen atoms in total. The van der Waals surface area contributed by atoms with Gasteiger partial charge in [-0.15, -0.1) is 0 Å². The first-order valence-corrected chi connectivity index (χ1v) is 6.96. The number of rotatable bonds is 4. The van der Waals surface area contributed by atoms with Crippen molar-refractivity contribution >= 4 is 23.2 Å². The Morgan fingerprint density at radius 3 is 2.20 bits per heavy atom. The van der Waals surface area contributed by atoms with Crippen LogP contribution in [0.1, 0.15) is 41.0 Å². The smallest absolute Gasteiger partial charge is 0.229 e. The minimum atomic E-state index is -0.448. The number of carbonyl (C=O) groups is 2. The third-order valence-corrected chi connectivity index (χ3v) is 3.13. The van der Waals surface area contributed by atoms with Gasteiger partial charge in [-0.3, -0.25) is 9.59 Å². The Kier molecular flexibility index (Phi) is 5.31. The van der Waals surface area contributed by atoms with E-state index in [9.17, 15) is 9.59 Å². The first-order valence-electron chi connectivity index (χ1n) is 6.96. The summed E-state index contributed by atoms with van der Waals surface area (Å²) in [5.41, 5.74) is 0.935. The van der Waals surface area contributed by atoms with Crippen LogP contribution in [-0.4, -0.2) is 11.8 Å². The summed E-state index contributed by atoms with van der Waals surface area (Å²) in [6.07, 6.45) is 0.798. The summed E-state index contributed by atoms with van der Waals surface area (Å²) in [4.78, 5) is 23.8. The molecule has 0 spiro atoms. The lowest BCUT2D eigenvalue weighted by atomic mass is 9.95. The van der Waals surface area contributed by atoms with Crippen LogP contribution in [-0.2, 0) is 9.59 Å². The molecule has 0 bridgehead atoms. The molecule has 0 aromatic heterocycles. The summed E-state index contributed by atoms with van der Waals surface area (Å²) in [6, 6.07) is 7.20. The first-order chi connectivity index (χ1) is 9.24. The molecule has 1 aromatic carbocycles. The lowest BCUT2D eigenvalue weighted by molar-refractivity contribution is -0.123. The Morgan fingerprint density at radius 1 is 1.15 bits per heavy atom. The highest BCUT2D eigenvalue weighted by Gasteiger charge is 2.21. The fourth-order valence-corrected chi connectivity index (χ4v) is 1.44. The molecule has 0 radical (unpaired) electrons. The Hall–Kier alpha value is -1.84. The van der Waals surface area contributed by atoms with Gasteiger partial charge < -0.3 is 10.6 Å². The first kappa shape index (κ1) is 16.2. The van der Waals surface area contributed by atoms with E-state index in [-0.39, 0.29) is 17.7 Å².